The van der Waals surface area contributed by atoms with Gasteiger partial charge in [-0.15, -0.1) is 12.4 Å². The summed E-state index contributed by atoms with van der Waals surface area (Å²) in [6.45, 7) is 6.99. The SMILES string of the molecule is CC1CN(C(=O)CNCC2CC2)CC(C)O1.Cl. The Morgan fingerprint density at radius 3 is 2.41 bits per heavy atom. The monoisotopic (exact) mass is 262 g/mol. The Kier molecular flexibility index (Phi) is 5.70. The molecule has 0 aromatic heterocycles. The fraction of sp³-hybridized carbons (Fsp3) is 0.917. The van der Waals surface area contributed by atoms with Gasteiger partial charge >= 0.3 is 0 Å². The molecular weight excluding hydrogens is 240 g/mol. The van der Waals surface area contributed by atoms with Gasteiger partial charge in [-0.2, -0.15) is 0 Å². The molecule has 1 saturated carbocycles. The maximum Gasteiger partial charge on any atom is 0.236 e. The molecule has 2 aliphatic rings. The highest BCUT2D eigenvalue weighted by Gasteiger charge is 2.26. The molecule has 1 aliphatic carbocycles. The summed E-state index contributed by atoms with van der Waals surface area (Å²) in [7, 11) is 0. The quantitative estimate of drug-likeness (QED) is 0.823. The summed E-state index contributed by atoms with van der Waals surface area (Å²) in [6.07, 6.45) is 2.98. The molecule has 0 radical (unpaired) electrons. The molecule has 0 aromatic rings. The molecule has 1 N–H and O–H groups in total. The Hall–Kier alpha value is -0.320. The summed E-state index contributed by atoms with van der Waals surface area (Å²) in [4.78, 5) is 13.8. The smallest absolute Gasteiger partial charge is 0.236 e. The molecule has 1 saturated heterocycles. The van der Waals surface area contributed by atoms with Crippen molar-refractivity contribution in [2.24, 2.45) is 5.92 Å². The number of morpholine rings is 1. The molecule has 0 bridgehead atoms. The second-order valence-corrected chi connectivity index (χ2v) is 5.13. The molecule has 2 fully saturated rings. The number of halogens is 1. The van der Waals surface area contributed by atoms with Crippen LogP contribution in [0.25, 0.3) is 0 Å². The van der Waals surface area contributed by atoms with E-state index in [0.29, 0.717) is 6.54 Å². The molecule has 2 atom stereocenters. The number of carbonyl (C=O) groups excluding carboxylic acids is 1. The predicted molar refractivity (Wildman–Crippen MR) is 69.4 cm³/mol. The van der Waals surface area contributed by atoms with Crippen molar-refractivity contribution in [3.8, 4) is 0 Å². The van der Waals surface area contributed by atoms with Crippen molar-refractivity contribution in [1.29, 1.82) is 0 Å². The summed E-state index contributed by atoms with van der Waals surface area (Å²) in [6, 6.07) is 0. The van der Waals surface area contributed by atoms with Crippen molar-refractivity contribution >= 4 is 18.3 Å². The average Bonchev–Trinajstić information content (AvgIpc) is 3.00. The third kappa shape index (κ3) is 4.82. The highest BCUT2D eigenvalue weighted by Crippen LogP contribution is 2.27. The molecule has 5 heteroatoms. The molecule has 1 aliphatic heterocycles. The molecule has 17 heavy (non-hydrogen) atoms. The van der Waals surface area contributed by atoms with E-state index in [2.05, 4.69) is 5.32 Å². The van der Waals surface area contributed by atoms with Crippen LogP contribution in [-0.4, -0.2) is 49.2 Å². The van der Waals surface area contributed by atoms with Gasteiger partial charge in [0, 0.05) is 13.1 Å². The van der Waals surface area contributed by atoms with Gasteiger partial charge in [-0.05, 0) is 39.2 Å². The summed E-state index contributed by atoms with van der Waals surface area (Å²) >= 11 is 0. The normalized spacial score (nSPS) is 28.7. The van der Waals surface area contributed by atoms with Gasteiger partial charge < -0.3 is 15.0 Å². The number of nitrogens with one attached hydrogen (secondary N) is 1. The molecule has 100 valence electrons. The zero-order chi connectivity index (χ0) is 11.5. The van der Waals surface area contributed by atoms with E-state index in [0.717, 1.165) is 25.6 Å². The molecular formula is C12H23ClN2O2. The maximum atomic E-state index is 11.9. The van der Waals surface area contributed by atoms with E-state index in [9.17, 15) is 4.79 Å². The summed E-state index contributed by atoms with van der Waals surface area (Å²) in [5.74, 6) is 1.04. The zero-order valence-corrected chi connectivity index (χ0v) is 11.5. The lowest BCUT2D eigenvalue weighted by Crippen LogP contribution is -2.50. The Morgan fingerprint density at radius 1 is 1.29 bits per heavy atom. The molecule has 0 spiro atoms. The van der Waals surface area contributed by atoms with E-state index in [-0.39, 0.29) is 30.5 Å². The van der Waals surface area contributed by atoms with Crippen molar-refractivity contribution in [2.45, 2.75) is 38.9 Å². The predicted octanol–water partition coefficient (Wildman–Crippen LogP) is 1.04. The molecule has 2 rings (SSSR count). The minimum atomic E-state index is 0. The number of ether oxygens (including phenoxy) is 1. The van der Waals surface area contributed by atoms with Crippen LogP contribution in [0.15, 0.2) is 0 Å². The van der Waals surface area contributed by atoms with Gasteiger partial charge in [0.15, 0.2) is 0 Å². The Morgan fingerprint density at radius 2 is 1.88 bits per heavy atom. The second-order valence-electron chi connectivity index (χ2n) is 5.13. The fourth-order valence-electron chi connectivity index (χ4n) is 2.20. The van der Waals surface area contributed by atoms with Crippen LogP contribution >= 0.6 is 12.4 Å². The number of amides is 1. The lowest BCUT2D eigenvalue weighted by atomic mass is 10.2. The first-order valence-electron chi connectivity index (χ1n) is 6.29. The maximum absolute atomic E-state index is 11.9. The highest BCUT2D eigenvalue weighted by atomic mass is 35.5. The Labute approximate surface area is 109 Å². The third-order valence-electron chi connectivity index (χ3n) is 3.18. The van der Waals surface area contributed by atoms with Crippen LogP contribution in [0.5, 0.6) is 0 Å². The zero-order valence-electron chi connectivity index (χ0n) is 10.6. The minimum absolute atomic E-state index is 0. The molecule has 2 unspecified atom stereocenters. The van der Waals surface area contributed by atoms with Gasteiger partial charge in [0.25, 0.3) is 0 Å². The lowest BCUT2D eigenvalue weighted by Gasteiger charge is -2.35. The van der Waals surface area contributed by atoms with Crippen molar-refractivity contribution in [3.63, 3.8) is 0 Å². The minimum Gasteiger partial charge on any atom is -0.372 e. The second kappa shape index (κ2) is 6.57. The van der Waals surface area contributed by atoms with Crippen LogP contribution in [0.3, 0.4) is 0 Å². The molecule has 1 heterocycles. The fourth-order valence-corrected chi connectivity index (χ4v) is 2.20. The first-order chi connectivity index (χ1) is 7.65. The highest BCUT2D eigenvalue weighted by molar-refractivity contribution is 5.85. The van der Waals surface area contributed by atoms with Gasteiger partial charge in [0.2, 0.25) is 5.91 Å². The van der Waals surface area contributed by atoms with E-state index < -0.39 is 0 Å². The summed E-state index contributed by atoms with van der Waals surface area (Å²) in [5.41, 5.74) is 0. The number of hydrogen-bond acceptors (Lipinski definition) is 3. The number of hydrogen-bond donors (Lipinski definition) is 1. The standard InChI is InChI=1S/C12H22N2O2.ClH/c1-9-7-14(8-10(2)16-9)12(15)6-13-5-11-3-4-11;/h9-11,13H,3-8H2,1-2H3;1H. The van der Waals surface area contributed by atoms with Crippen LogP contribution in [0.2, 0.25) is 0 Å². The van der Waals surface area contributed by atoms with Crippen LogP contribution in [-0.2, 0) is 9.53 Å². The van der Waals surface area contributed by atoms with Crippen LogP contribution in [0, 0.1) is 5.92 Å². The summed E-state index contributed by atoms with van der Waals surface area (Å²) in [5, 5.41) is 3.24. The Balaban J connectivity index is 0.00000144. The number of nitrogens with zero attached hydrogens (tertiary/aromatic N) is 1. The largest absolute Gasteiger partial charge is 0.372 e. The van der Waals surface area contributed by atoms with Crippen molar-refractivity contribution < 1.29 is 9.53 Å². The third-order valence-corrected chi connectivity index (χ3v) is 3.18. The van der Waals surface area contributed by atoms with Gasteiger partial charge in [-0.1, -0.05) is 0 Å². The van der Waals surface area contributed by atoms with E-state index in [4.69, 9.17) is 4.74 Å². The van der Waals surface area contributed by atoms with E-state index in [1.54, 1.807) is 0 Å². The first kappa shape index (κ1) is 14.7. The van der Waals surface area contributed by atoms with Crippen molar-refractivity contribution in [1.82, 2.24) is 10.2 Å². The van der Waals surface area contributed by atoms with Gasteiger partial charge in [-0.3, -0.25) is 4.79 Å². The lowest BCUT2D eigenvalue weighted by molar-refractivity contribution is -0.142. The van der Waals surface area contributed by atoms with Gasteiger partial charge in [0.05, 0.1) is 18.8 Å². The molecule has 0 aromatic carbocycles. The van der Waals surface area contributed by atoms with Crippen molar-refractivity contribution in [2.75, 3.05) is 26.2 Å². The number of carbonyl (C=O) groups is 1. The molecule has 4 nitrogen and oxygen atoms in total. The van der Waals surface area contributed by atoms with E-state index >= 15 is 0 Å². The van der Waals surface area contributed by atoms with Crippen LogP contribution < -0.4 is 5.32 Å². The van der Waals surface area contributed by atoms with E-state index in [1.807, 2.05) is 18.7 Å². The number of rotatable bonds is 4. The van der Waals surface area contributed by atoms with Crippen LogP contribution in [0.1, 0.15) is 26.7 Å². The van der Waals surface area contributed by atoms with Crippen LogP contribution in [0.4, 0.5) is 0 Å². The van der Waals surface area contributed by atoms with E-state index in [1.165, 1.54) is 12.8 Å². The van der Waals surface area contributed by atoms with Crippen molar-refractivity contribution in [3.05, 3.63) is 0 Å². The van der Waals surface area contributed by atoms with Gasteiger partial charge in [-0.25, -0.2) is 0 Å². The molecule has 1 amide bonds. The Bertz CT molecular complexity index is 249. The summed E-state index contributed by atoms with van der Waals surface area (Å²) < 4.78 is 5.60. The first-order valence-corrected chi connectivity index (χ1v) is 6.29. The topological polar surface area (TPSA) is 41.6 Å². The van der Waals surface area contributed by atoms with Gasteiger partial charge in [0.1, 0.15) is 0 Å². The average molecular weight is 263 g/mol.